The molecule has 1 rings (SSSR count). The fourth-order valence-corrected chi connectivity index (χ4v) is 2.32. The molecule has 0 aromatic carbocycles. The molecule has 0 aliphatic rings. The molecule has 6 heteroatoms. The molecule has 20 heavy (non-hydrogen) atoms. The standard InChI is InChI=1S/C14H26N4OS/c1-4-15-14(16-8-6-10-19-5-2)17-9-7-13-11-20-12(3)18-13/h11H,4-10H2,1-3H3,(H2,15,16,17). The van der Waals surface area contributed by atoms with Crippen LogP contribution in [0, 0.1) is 6.92 Å². The summed E-state index contributed by atoms with van der Waals surface area (Å²) in [6, 6.07) is 0. The van der Waals surface area contributed by atoms with E-state index in [1.165, 1.54) is 0 Å². The summed E-state index contributed by atoms with van der Waals surface area (Å²) in [5.41, 5.74) is 1.15. The summed E-state index contributed by atoms with van der Waals surface area (Å²) in [4.78, 5) is 8.97. The summed E-state index contributed by atoms with van der Waals surface area (Å²) < 4.78 is 5.30. The maximum Gasteiger partial charge on any atom is 0.191 e. The molecule has 0 fully saturated rings. The van der Waals surface area contributed by atoms with Gasteiger partial charge in [-0.3, -0.25) is 4.99 Å². The summed E-state index contributed by atoms with van der Waals surface area (Å²) in [5, 5.41) is 9.81. The molecule has 0 radical (unpaired) electrons. The Morgan fingerprint density at radius 1 is 1.40 bits per heavy atom. The van der Waals surface area contributed by atoms with E-state index >= 15 is 0 Å². The smallest absolute Gasteiger partial charge is 0.191 e. The van der Waals surface area contributed by atoms with Crippen LogP contribution in [0.1, 0.15) is 31.0 Å². The first-order valence-corrected chi connectivity index (χ1v) is 8.15. The number of aliphatic imine (C=N–C) groups is 1. The molecule has 0 spiro atoms. The molecule has 0 saturated carbocycles. The molecule has 0 amide bonds. The predicted octanol–water partition coefficient (Wildman–Crippen LogP) is 1.98. The Morgan fingerprint density at radius 3 is 2.90 bits per heavy atom. The van der Waals surface area contributed by atoms with Gasteiger partial charge in [-0.15, -0.1) is 11.3 Å². The largest absolute Gasteiger partial charge is 0.382 e. The van der Waals surface area contributed by atoms with Crippen molar-refractivity contribution in [2.75, 3.05) is 32.8 Å². The van der Waals surface area contributed by atoms with Crippen molar-refractivity contribution in [3.05, 3.63) is 16.1 Å². The van der Waals surface area contributed by atoms with Crippen LogP contribution in [-0.2, 0) is 11.2 Å². The Balaban J connectivity index is 2.25. The average Bonchev–Trinajstić information content (AvgIpc) is 2.84. The second-order valence-corrected chi connectivity index (χ2v) is 5.41. The molecule has 0 aliphatic heterocycles. The number of hydrogen-bond acceptors (Lipinski definition) is 4. The quantitative estimate of drug-likeness (QED) is 0.416. The highest BCUT2D eigenvalue weighted by Crippen LogP contribution is 2.07. The minimum Gasteiger partial charge on any atom is -0.382 e. The predicted molar refractivity (Wildman–Crippen MR) is 85.6 cm³/mol. The average molecular weight is 298 g/mol. The highest BCUT2D eigenvalue weighted by atomic mass is 32.1. The second kappa shape index (κ2) is 10.6. The third-order valence-corrected chi connectivity index (χ3v) is 3.43. The molecule has 1 aromatic heterocycles. The van der Waals surface area contributed by atoms with Crippen molar-refractivity contribution in [2.24, 2.45) is 4.99 Å². The minimum atomic E-state index is 0.773. The van der Waals surface area contributed by atoms with E-state index in [4.69, 9.17) is 4.74 Å². The highest BCUT2D eigenvalue weighted by Gasteiger charge is 2.00. The van der Waals surface area contributed by atoms with E-state index in [0.717, 1.165) is 62.4 Å². The lowest BCUT2D eigenvalue weighted by atomic mass is 10.3. The number of hydrogen-bond donors (Lipinski definition) is 2. The van der Waals surface area contributed by atoms with Gasteiger partial charge in [-0.25, -0.2) is 4.98 Å². The van der Waals surface area contributed by atoms with Gasteiger partial charge in [-0.1, -0.05) is 0 Å². The molecule has 0 saturated heterocycles. The Kier molecular flexibility index (Phi) is 8.98. The van der Waals surface area contributed by atoms with Crippen LogP contribution in [0.15, 0.2) is 10.4 Å². The summed E-state index contributed by atoms with van der Waals surface area (Å²) in [6.07, 6.45) is 1.88. The van der Waals surface area contributed by atoms with E-state index in [0.29, 0.717) is 0 Å². The molecule has 0 atom stereocenters. The summed E-state index contributed by atoms with van der Waals surface area (Å²) in [7, 11) is 0. The van der Waals surface area contributed by atoms with E-state index < -0.39 is 0 Å². The van der Waals surface area contributed by atoms with Gasteiger partial charge in [0.1, 0.15) is 0 Å². The van der Waals surface area contributed by atoms with Crippen molar-refractivity contribution >= 4 is 17.3 Å². The lowest BCUT2D eigenvalue weighted by molar-refractivity contribution is 0.146. The van der Waals surface area contributed by atoms with E-state index in [2.05, 4.69) is 32.9 Å². The fourth-order valence-electron chi connectivity index (χ4n) is 1.68. The van der Waals surface area contributed by atoms with Crippen LogP contribution in [0.5, 0.6) is 0 Å². The Bertz CT molecular complexity index is 392. The van der Waals surface area contributed by atoms with E-state index in [1.54, 1.807) is 11.3 Å². The fraction of sp³-hybridized carbons (Fsp3) is 0.714. The maximum atomic E-state index is 5.30. The number of rotatable bonds is 9. The van der Waals surface area contributed by atoms with Crippen molar-refractivity contribution in [2.45, 2.75) is 33.6 Å². The van der Waals surface area contributed by atoms with Gasteiger partial charge in [0.15, 0.2) is 5.96 Å². The van der Waals surface area contributed by atoms with Crippen molar-refractivity contribution in [1.29, 1.82) is 0 Å². The zero-order valence-corrected chi connectivity index (χ0v) is 13.6. The molecule has 0 bridgehead atoms. The van der Waals surface area contributed by atoms with Crippen LogP contribution in [0.2, 0.25) is 0 Å². The first-order valence-electron chi connectivity index (χ1n) is 7.27. The molecule has 1 aromatic rings. The van der Waals surface area contributed by atoms with Crippen LogP contribution in [0.3, 0.4) is 0 Å². The minimum absolute atomic E-state index is 0.773. The van der Waals surface area contributed by atoms with Crippen LogP contribution in [0.4, 0.5) is 0 Å². The molecule has 1 heterocycles. The number of aromatic nitrogens is 1. The summed E-state index contributed by atoms with van der Waals surface area (Å²) >= 11 is 1.70. The van der Waals surface area contributed by atoms with Crippen LogP contribution in [0.25, 0.3) is 0 Å². The molecule has 0 aliphatic carbocycles. The van der Waals surface area contributed by atoms with E-state index in [1.807, 2.05) is 13.8 Å². The summed E-state index contributed by atoms with van der Waals surface area (Å²) in [6.45, 7) is 10.2. The van der Waals surface area contributed by atoms with Crippen molar-refractivity contribution in [3.8, 4) is 0 Å². The van der Waals surface area contributed by atoms with Gasteiger partial charge in [0, 0.05) is 44.6 Å². The van der Waals surface area contributed by atoms with Crippen LogP contribution in [-0.4, -0.2) is 43.8 Å². The zero-order chi connectivity index (χ0) is 14.6. The number of aryl methyl sites for hydroxylation is 1. The van der Waals surface area contributed by atoms with E-state index in [9.17, 15) is 0 Å². The second-order valence-electron chi connectivity index (χ2n) is 4.35. The molecular formula is C14H26N4OS. The van der Waals surface area contributed by atoms with Gasteiger partial charge >= 0.3 is 0 Å². The maximum absolute atomic E-state index is 5.30. The van der Waals surface area contributed by atoms with E-state index in [-0.39, 0.29) is 0 Å². The van der Waals surface area contributed by atoms with Crippen molar-refractivity contribution in [3.63, 3.8) is 0 Å². The molecule has 2 N–H and O–H groups in total. The van der Waals surface area contributed by atoms with Crippen molar-refractivity contribution in [1.82, 2.24) is 15.6 Å². The Morgan fingerprint density at radius 2 is 2.25 bits per heavy atom. The van der Waals surface area contributed by atoms with Gasteiger partial charge in [0.2, 0.25) is 0 Å². The summed E-state index contributed by atoms with van der Waals surface area (Å²) in [5.74, 6) is 0.871. The third kappa shape index (κ3) is 7.45. The van der Waals surface area contributed by atoms with Gasteiger partial charge in [-0.05, 0) is 27.2 Å². The first kappa shape index (κ1) is 16.9. The monoisotopic (exact) mass is 298 g/mol. The Labute approximate surface area is 125 Å². The SMILES string of the molecule is CCNC(=NCCCOCC)NCCc1csc(C)n1. The zero-order valence-electron chi connectivity index (χ0n) is 12.7. The topological polar surface area (TPSA) is 58.5 Å². The lowest BCUT2D eigenvalue weighted by Gasteiger charge is -2.10. The third-order valence-electron chi connectivity index (χ3n) is 2.61. The number of thiazole rings is 1. The normalized spacial score (nSPS) is 11.7. The van der Waals surface area contributed by atoms with Gasteiger partial charge in [-0.2, -0.15) is 0 Å². The van der Waals surface area contributed by atoms with Gasteiger partial charge in [0.25, 0.3) is 0 Å². The lowest BCUT2D eigenvalue weighted by Crippen LogP contribution is -2.38. The van der Waals surface area contributed by atoms with Crippen LogP contribution >= 0.6 is 11.3 Å². The van der Waals surface area contributed by atoms with Crippen LogP contribution < -0.4 is 10.6 Å². The Hall–Kier alpha value is -1.14. The van der Waals surface area contributed by atoms with Gasteiger partial charge in [0.05, 0.1) is 10.7 Å². The molecule has 114 valence electrons. The number of nitrogens with one attached hydrogen (secondary N) is 2. The van der Waals surface area contributed by atoms with Gasteiger partial charge < -0.3 is 15.4 Å². The highest BCUT2D eigenvalue weighted by molar-refractivity contribution is 7.09. The van der Waals surface area contributed by atoms with Crippen molar-refractivity contribution < 1.29 is 4.74 Å². The number of nitrogens with zero attached hydrogens (tertiary/aromatic N) is 2. The number of ether oxygens (including phenoxy) is 1. The molecular weight excluding hydrogens is 272 g/mol. The first-order chi connectivity index (χ1) is 9.76. The number of guanidine groups is 1. The molecule has 5 nitrogen and oxygen atoms in total. The molecule has 0 unspecified atom stereocenters.